The minimum Gasteiger partial charge on any atom is -0.462 e. The predicted octanol–water partition coefficient (Wildman–Crippen LogP) is 5.29. The van der Waals surface area contributed by atoms with Gasteiger partial charge in [0.15, 0.2) is 5.58 Å². The molecule has 1 aromatic carbocycles. The molecule has 0 spiro atoms. The van der Waals surface area contributed by atoms with Gasteiger partial charge in [-0.15, -0.1) is 0 Å². The van der Waals surface area contributed by atoms with Crippen molar-refractivity contribution in [2.24, 2.45) is 5.92 Å². The van der Waals surface area contributed by atoms with Gasteiger partial charge in [-0.25, -0.2) is 0 Å². The summed E-state index contributed by atoms with van der Waals surface area (Å²) < 4.78 is 6.32. The van der Waals surface area contributed by atoms with E-state index in [1.54, 1.807) is 12.3 Å². The summed E-state index contributed by atoms with van der Waals surface area (Å²) in [6.07, 6.45) is 2.61. The first-order chi connectivity index (χ1) is 9.00. The first-order valence-electron chi connectivity index (χ1n) is 6.25. The normalized spacial score (nSPS) is 11.7. The van der Waals surface area contributed by atoms with E-state index in [4.69, 9.17) is 27.6 Å². The third-order valence-electron chi connectivity index (χ3n) is 2.89. The van der Waals surface area contributed by atoms with E-state index < -0.39 is 0 Å². The van der Waals surface area contributed by atoms with Crippen molar-refractivity contribution in [2.45, 2.75) is 20.3 Å². The molecule has 0 fully saturated rings. The van der Waals surface area contributed by atoms with Gasteiger partial charge >= 0.3 is 0 Å². The number of benzene rings is 1. The SMILES string of the molecule is CC(C)CNCCc1coc2c(Cl)cc(Br)c(Cl)c12. The van der Waals surface area contributed by atoms with Crippen LogP contribution in [-0.2, 0) is 6.42 Å². The molecule has 0 radical (unpaired) electrons. The van der Waals surface area contributed by atoms with Gasteiger partial charge in [-0.1, -0.05) is 37.0 Å². The van der Waals surface area contributed by atoms with Gasteiger partial charge in [-0.2, -0.15) is 0 Å². The Balaban J connectivity index is 2.20. The van der Waals surface area contributed by atoms with Crippen molar-refractivity contribution in [3.63, 3.8) is 0 Å². The van der Waals surface area contributed by atoms with Crippen LogP contribution in [0.25, 0.3) is 11.0 Å². The second-order valence-corrected chi connectivity index (χ2v) is 6.61. The highest BCUT2D eigenvalue weighted by Crippen LogP contribution is 2.39. The maximum atomic E-state index is 6.32. The van der Waals surface area contributed by atoms with Gasteiger partial charge in [-0.05, 0) is 47.4 Å². The maximum absolute atomic E-state index is 6.32. The summed E-state index contributed by atoms with van der Waals surface area (Å²) in [5.74, 6) is 0.647. The summed E-state index contributed by atoms with van der Waals surface area (Å²) in [7, 11) is 0. The Morgan fingerprint density at radius 2 is 2.11 bits per heavy atom. The molecule has 104 valence electrons. The fourth-order valence-electron chi connectivity index (χ4n) is 1.97. The van der Waals surface area contributed by atoms with Crippen molar-refractivity contribution in [1.82, 2.24) is 5.32 Å². The summed E-state index contributed by atoms with van der Waals surface area (Å²) in [5, 5.41) is 5.55. The van der Waals surface area contributed by atoms with Crippen molar-refractivity contribution in [1.29, 1.82) is 0 Å². The molecule has 0 saturated carbocycles. The standard InChI is InChI=1S/C14H16BrCl2NO/c1-8(2)6-18-4-3-9-7-19-14-11(16)5-10(15)13(17)12(9)14/h5,7-8,18H,3-4,6H2,1-2H3. The molecule has 0 saturated heterocycles. The van der Waals surface area contributed by atoms with Gasteiger partial charge in [0.25, 0.3) is 0 Å². The van der Waals surface area contributed by atoms with Crippen LogP contribution in [0.3, 0.4) is 0 Å². The minimum atomic E-state index is 0.577. The lowest BCUT2D eigenvalue weighted by Crippen LogP contribution is -2.22. The lowest BCUT2D eigenvalue weighted by molar-refractivity contribution is 0.552. The molecule has 2 aromatic rings. The average molecular weight is 365 g/mol. The smallest absolute Gasteiger partial charge is 0.154 e. The monoisotopic (exact) mass is 363 g/mol. The molecule has 0 bridgehead atoms. The van der Waals surface area contributed by atoms with Crippen molar-refractivity contribution in [3.05, 3.63) is 32.4 Å². The van der Waals surface area contributed by atoms with Gasteiger partial charge in [-0.3, -0.25) is 0 Å². The van der Waals surface area contributed by atoms with Crippen LogP contribution >= 0.6 is 39.1 Å². The van der Waals surface area contributed by atoms with Crippen LogP contribution < -0.4 is 5.32 Å². The van der Waals surface area contributed by atoms with Crippen LogP contribution in [0.1, 0.15) is 19.4 Å². The zero-order chi connectivity index (χ0) is 14.0. The first-order valence-corrected chi connectivity index (χ1v) is 7.80. The van der Waals surface area contributed by atoms with Gasteiger partial charge in [0.2, 0.25) is 0 Å². The van der Waals surface area contributed by atoms with E-state index in [2.05, 4.69) is 35.1 Å². The van der Waals surface area contributed by atoms with Crippen molar-refractivity contribution in [2.75, 3.05) is 13.1 Å². The fraction of sp³-hybridized carbons (Fsp3) is 0.429. The van der Waals surface area contributed by atoms with E-state index in [-0.39, 0.29) is 0 Å². The Labute approximate surface area is 131 Å². The zero-order valence-electron chi connectivity index (χ0n) is 10.9. The Morgan fingerprint density at radius 3 is 2.79 bits per heavy atom. The van der Waals surface area contributed by atoms with E-state index in [1.807, 2.05) is 0 Å². The summed E-state index contributed by atoms with van der Waals surface area (Å²) in [4.78, 5) is 0. The minimum absolute atomic E-state index is 0.577. The Kier molecular flexibility index (Phi) is 5.18. The molecule has 2 rings (SSSR count). The topological polar surface area (TPSA) is 25.2 Å². The molecule has 0 amide bonds. The Hall–Kier alpha value is -0.220. The molecule has 0 aliphatic carbocycles. The van der Waals surface area contributed by atoms with Crippen molar-refractivity contribution in [3.8, 4) is 0 Å². The lowest BCUT2D eigenvalue weighted by Gasteiger charge is -2.07. The van der Waals surface area contributed by atoms with Gasteiger partial charge in [0, 0.05) is 15.4 Å². The summed E-state index contributed by atoms with van der Waals surface area (Å²) in [6, 6.07) is 1.76. The molecule has 2 nitrogen and oxygen atoms in total. The summed E-state index contributed by atoms with van der Waals surface area (Å²) in [6.45, 7) is 6.28. The average Bonchev–Trinajstić information content (AvgIpc) is 2.76. The second kappa shape index (κ2) is 6.49. The Bertz CT molecular complexity index is 580. The van der Waals surface area contributed by atoms with Gasteiger partial charge in [0.05, 0.1) is 16.3 Å². The first kappa shape index (κ1) is 15.2. The zero-order valence-corrected chi connectivity index (χ0v) is 14.0. The highest BCUT2D eigenvalue weighted by molar-refractivity contribution is 9.10. The van der Waals surface area contributed by atoms with E-state index in [9.17, 15) is 0 Å². The number of nitrogens with one attached hydrogen (secondary N) is 1. The number of fused-ring (bicyclic) bond motifs is 1. The maximum Gasteiger partial charge on any atom is 0.154 e. The molecular formula is C14H16BrCl2NO. The van der Waals surface area contributed by atoms with E-state index in [0.29, 0.717) is 21.5 Å². The molecular weight excluding hydrogens is 349 g/mol. The molecule has 0 unspecified atom stereocenters. The molecule has 19 heavy (non-hydrogen) atoms. The van der Waals surface area contributed by atoms with Crippen LogP contribution in [0.4, 0.5) is 0 Å². The number of hydrogen-bond donors (Lipinski definition) is 1. The highest BCUT2D eigenvalue weighted by atomic mass is 79.9. The number of hydrogen-bond acceptors (Lipinski definition) is 2. The van der Waals surface area contributed by atoms with E-state index >= 15 is 0 Å². The van der Waals surface area contributed by atoms with Crippen molar-refractivity contribution >= 4 is 50.1 Å². The summed E-state index contributed by atoms with van der Waals surface area (Å²) in [5.41, 5.74) is 1.74. The Morgan fingerprint density at radius 1 is 1.37 bits per heavy atom. The van der Waals surface area contributed by atoms with Gasteiger partial charge in [0.1, 0.15) is 0 Å². The summed E-state index contributed by atoms with van der Waals surface area (Å²) >= 11 is 15.9. The highest BCUT2D eigenvalue weighted by Gasteiger charge is 2.15. The number of rotatable bonds is 5. The molecule has 1 aromatic heterocycles. The van der Waals surface area contributed by atoms with E-state index in [1.165, 1.54) is 0 Å². The van der Waals surface area contributed by atoms with E-state index in [0.717, 1.165) is 34.9 Å². The molecule has 0 atom stereocenters. The van der Waals surface area contributed by atoms with Gasteiger partial charge < -0.3 is 9.73 Å². The third-order valence-corrected chi connectivity index (χ3v) is 4.42. The van der Waals surface area contributed by atoms with Crippen LogP contribution in [0, 0.1) is 5.92 Å². The molecule has 1 heterocycles. The fourth-order valence-corrected chi connectivity index (χ4v) is 3.04. The van der Waals surface area contributed by atoms with Crippen LogP contribution in [-0.4, -0.2) is 13.1 Å². The quantitative estimate of drug-likeness (QED) is 0.575. The number of halogens is 3. The molecule has 5 heteroatoms. The van der Waals surface area contributed by atoms with Crippen LogP contribution in [0.15, 0.2) is 21.2 Å². The largest absolute Gasteiger partial charge is 0.462 e. The number of furan rings is 1. The molecule has 0 aliphatic rings. The lowest BCUT2D eigenvalue weighted by atomic mass is 10.1. The third kappa shape index (κ3) is 3.46. The predicted molar refractivity (Wildman–Crippen MR) is 85.3 cm³/mol. The van der Waals surface area contributed by atoms with Crippen LogP contribution in [0.2, 0.25) is 10.0 Å². The second-order valence-electron chi connectivity index (χ2n) is 4.97. The van der Waals surface area contributed by atoms with Crippen molar-refractivity contribution < 1.29 is 4.42 Å². The molecule has 1 N–H and O–H groups in total. The van der Waals surface area contributed by atoms with Crippen LogP contribution in [0.5, 0.6) is 0 Å². The molecule has 0 aliphatic heterocycles.